The molecule has 126 valence electrons. The first-order valence-electron chi connectivity index (χ1n) is 7.46. The number of rotatable bonds is 5. The molecule has 1 aromatic rings. The topological polar surface area (TPSA) is 71.1 Å². The van der Waals surface area contributed by atoms with Crippen LogP contribution in [0.4, 0.5) is 20.6 Å². The number of amides is 2. The van der Waals surface area contributed by atoms with Crippen molar-refractivity contribution in [2.75, 3.05) is 49.2 Å². The summed E-state index contributed by atoms with van der Waals surface area (Å²) in [6, 6.07) is 4.70. The molecule has 0 bridgehead atoms. The number of hydrogen-bond donors (Lipinski definition) is 1. The molecule has 0 aliphatic carbocycles. The Kier molecular flexibility index (Phi) is 4.61. The Morgan fingerprint density at radius 1 is 1.39 bits per heavy atom. The third-order valence-corrected chi connectivity index (χ3v) is 3.90. The summed E-state index contributed by atoms with van der Waals surface area (Å²) in [5.41, 5.74) is 0.946. The van der Waals surface area contributed by atoms with Crippen molar-refractivity contribution in [3.05, 3.63) is 24.0 Å². The molecular formula is C15H20FN3O4. The predicted octanol–water partition coefficient (Wildman–Crippen LogP) is 0.979. The van der Waals surface area contributed by atoms with Crippen LogP contribution < -0.4 is 15.1 Å². The molecule has 2 saturated heterocycles. The number of carbonyl (C=O) groups is 2. The third kappa shape index (κ3) is 3.37. The molecule has 1 atom stereocenters. The minimum Gasteiger partial charge on any atom is -0.442 e. The van der Waals surface area contributed by atoms with E-state index in [1.165, 1.54) is 11.0 Å². The highest BCUT2D eigenvalue weighted by molar-refractivity contribution is 5.90. The summed E-state index contributed by atoms with van der Waals surface area (Å²) in [5, 5.41) is 2.47. The van der Waals surface area contributed by atoms with E-state index in [4.69, 9.17) is 9.47 Å². The minimum atomic E-state index is -0.541. The van der Waals surface area contributed by atoms with Gasteiger partial charge in [-0.15, -0.1) is 0 Å². The molecule has 23 heavy (non-hydrogen) atoms. The summed E-state index contributed by atoms with van der Waals surface area (Å²) in [6.45, 7) is 2.94. The van der Waals surface area contributed by atoms with Crippen LogP contribution in [-0.4, -0.2) is 58.0 Å². The van der Waals surface area contributed by atoms with Crippen molar-refractivity contribution in [2.45, 2.75) is 6.10 Å². The number of nitrogens with one attached hydrogen (secondary N) is 1. The molecule has 0 saturated carbocycles. The van der Waals surface area contributed by atoms with Crippen molar-refractivity contribution in [1.29, 1.82) is 0 Å². The smallest absolute Gasteiger partial charge is 0.414 e. The fourth-order valence-electron chi connectivity index (χ4n) is 2.74. The van der Waals surface area contributed by atoms with E-state index in [-0.39, 0.29) is 20.3 Å². The highest BCUT2D eigenvalue weighted by Crippen LogP contribution is 2.28. The summed E-state index contributed by atoms with van der Waals surface area (Å²) >= 11 is 0. The number of halogens is 1. The molecule has 2 heterocycles. The van der Waals surface area contributed by atoms with E-state index in [0.29, 0.717) is 44.1 Å². The van der Waals surface area contributed by atoms with Gasteiger partial charge in [0, 0.05) is 14.5 Å². The molecular weight excluding hydrogens is 305 g/mol. The van der Waals surface area contributed by atoms with E-state index in [0.717, 1.165) is 0 Å². The van der Waals surface area contributed by atoms with Crippen LogP contribution in [0.3, 0.4) is 0 Å². The van der Waals surface area contributed by atoms with Gasteiger partial charge in [-0.1, -0.05) is 0 Å². The van der Waals surface area contributed by atoms with E-state index in [1.807, 2.05) is 4.90 Å². The van der Waals surface area contributed by atoms with Crippen molar-refractivity contribution >= 4 is 23.9 Å². The number of morpholine rings is 1. The van der Waals surface area contributed by atoms with E-state index in [1.54, 1.807) is 12.1 Å². The Balaban J connectivity index is 0.00000208. The molecule has 3 rings (SSSR count). The normalized spacial score (nSPS) is 21.3. The van der Waals surface area contributed by atoms with Gasteiger partial charge >= 0.3 is 6.09 Å². The average molecular weight is 325 g/mol. The van der Waals surface area contributed by atoms with Gasteiger partial charge < -0.3 is 19.7 Å². The van der Waals surface area contributed by atoms with E-state index < -0.39 is 12.2 Å². The number of ether oxygens (including phenoxy) is 2. The first kappa shape index (κ1) is 15.5. The number of cyclic esters (lactones) is 1. The molecule has 2 amide bonds. The lowest BCUT2D eigenvalue weighted by atomic mass is 10.2. The summed E-state index contributed by atoms with van der Waals surface area (Å²) in [5.74, 6) is -0.383. The lowest BCUT2D eigenvalue weighted by Crippen LogP contribution is -2.36. The molecule has 2 aliphatic rings. The van der Waals surface area contributed by atoms with Crippen molar-refractivity contribution in [3.8, 4) is 0 Å². The molecule has 0 spiro atoms. The lowest BCUT2D eigenvalue weighted by molar-refractivity contribution is -0.109. The highest BCUT2D eigenvalue weighted by Gasteiger charge is 2.32. The molecule has 1 aromatic carbocycles. The van der Waals surface area contributed by atoms with Gasteiger partial charge in [0.25, 0.3) is 0 Å². The maximum Gasteiger partial charge on any atom is 0.414 e. The Hall–Kier alpha value is -2.35. The Morgan fingerprint density at radius 3 is 2.87 bits per heavy atom. The van der Waals surface area contributed by atoms with Gasteiger partial charge in [-0.05, 0) is 18.2 Å². The van der Waals surface area contributed by atoms with Crippen LogP contribution >= 0.6 is 0 Å². The molecule has 8 heteroatoms. The molecule has 2 aliphatic heterocycles. The largest absolute Gasteiger partial charge is 0.442 e. The number of carbonyl (C=O) groups excluding carboxylic acids is 2. The van der Waals surface area contributed by atoms with Crippen LogP contribution in [0.2, 0.25) is 0 Å². The predicted molar refractivity (Wildman–Crippen MR) is 83.2 cm³/mol. The fraction of sp³-hybridized carbons (Fsp3) is 0.467. The van der Waals surface area contributed by atoms with Gasteiger partial charge in [-0.2, -0.15) is 0 Å². The second kappa shape index (κ2) is 6.82. The van der Waals surface area contributed by atoms with Gasteiger partial charge in [-0.3, -0.25) is 9.69 Å². The van der Waals surface area contributed by atoms with Crippen molar-refractivity contribution in [3.63, 3.8) is 0 Å². The van der Waals surface area contributed by atoms with Gasteiger partial charge in [0.1, 0.15) is 11.9 Å². The number of nitrogens with zero attached hydrogens (tertiary/aromatic N) is 2. The zero-order valence-electron chi connectivity index (χ0n) is 12.5. The first-order valence-corrected chi connectivity index (χ1v) is 7.46. The second-order valence-corrected chi connectivity index (χ2v) is 5.38. The van der Waals surface area contributed by atoms with Crippen molar-refractivity contribution < 1.29 is 24.9 Å². The first-order chi connectivity index (χ1) is 11.2. The molecule has 1 N–H and O–H groups in total. The van der Waals surface area contributed by atoms with Crippen LogP contribution in [0.15, 0.2) is 18.2 Å². The van der Waals surface area contributed by atoms with Crippen LogP contribution in [0.25, 0.3) is 0 Å². The van der Waals surface area contributed by atoms with Gasteiger partial charge in [0.15, 0.2) is 0 Å². The van der Waals surface area contributed by atoms with E-state index in [2.05, 4.69) is 5.32 Å². The average Bonchev–Trinajstić information content (AvgIpc) is 2.94. The second-order valence-electron chi connectivity index (χ2n) is 5.38. The van der Waals surface area contributed by atoms with E-state index in [9.17, 15) is 14.0 Å². The zero-order valence-corrected chi connectivity index (χ0v) is 12.5. The fourth-order valence-corrected chi connectivity index (χ4v) is 2.74. The SMILES string of the molecule is O=CNC[C@H]1CN(c2ccc(N3CCOCC3)c(F)c2)C(=O)O1.[HH]. The van der Waals surface area contributed by atoms with Crippen molar-refractivity contribution in [1.82, 2.24) is 5.32 Å². The lowest BCUT2D eigenvalue weighted by Gasteiger charge is -2.29. The molecule has 7 nitrogen and oxygen atoms in total. The van der Waals surface area contributed by atoms with Crippen LogP contribution in [0, 0.1) is 5.82 Å². The number of hydrogen-bond acceptors (Lipinski definition) is 5. The molecule has 0 aromatic heterocycles. The van der Waals surface area contributed by atoms with Gasteiger partial charge in [0.2, 0.25) is 6.41 Å². The van der Waals surface area contributed by atoms with Crippen LogP contribution in [0.5, 0.6) is 0 Å². The minimum absolute atomic E-state index is 0. The maximum absolute atomic E-state index is 14.4. The Labute approximate surface area is 134 Å². The molecule has 2 fully saturated rings. The summed E-state index contributed by atoms with van der Waals surface area (Å²) < 4.78 is 24.8. The standard InChI is InChI=1S/C15H18FN3O4.H2/c16-13-7-11(1-2-14(13)18-3-5-22-6-4-18)19-9-12(8-17-10-20)23-15(19)21;/h1-2,7,10,12H,3-6,8-9H2,(H,17,20);1H/t12-;/m0./s1. The van der Waals surface area contributed by atoms with E-state index >= 15 is 0 Å². The van der Waals surface area contributed by atoms with Crippen LogP contribution in [0.1, 0.15) is 1.43 Å². The maximum atomic E-state index is 14.4. The Bertz CT molecular complexity index is 598. The molecule has 0 unspecified atom stereocenters. The number of benzene rings is 1. The third-order valence-electron chi connectivity index (χ3n) is 3.90. The number of anilines is 2. The quantitative estimate of drug-likeness (QED) is 0.817. The van der Waals surface area contributed by atoms with Crippen molar-refractivity contribution in [2.24, 2.45) is 0 Å². The molecule has 0 radical (unpaired) electrons. The summed E-state index contributed by atoms with van der Waals surface area (Å²) in [4.78, 5) is 25.5. The summed E-state index contributed by atoms with van der Waals surface area (Å²) in [6.07, 6.45) is -0.427. The zero-order chi connectivity index (χ0) is 16.2. The highest BCUT2D eigenvalue weighted by atomic mass is 19.1. The van der Waals surface area contributed by atoms with Gasteiger partial charge in [-0.25, -0.2) is 9.18 Å². The van der Waals surface area contributed by atoms with Crippen LogP contribution in [-0.2, 0) is 14.3 Å². The van der Waals surface area contributed by atoms with Gasteiger partial charge in [0.05, 0.1) is 37.7 Å². The summed E-state index contributed by atoms with van der Waals surface area (Å²) in [7, 11) is 0. The monoisotopic (exact) mass is 325 g/mol. The Morgan fingerprint density at radius 2 is 2.17 bits per heavy atom.